The average molecular weight is 209 g/mol. The molecular weight excluding hydrogens is 202 g/mol. The second kappa shape index (κ2) is 3.30. The normalized spacial score (nSPS) is 10.6. The van der Waals surface area contributed by atoms with Gasteiger partial charge in [0.05, 0.1) is 0 Å². The van der Waals surface area contributed by atoms with E-state index in [0.29, 0.717) is 5.65 Å². The van der Waals surface area contributed by atoms with Crippen LogP contribution in [0.15, 0.2) is 23.6 Å². The van der Waals surface area contributed by atoms with Crippen LogP contribution in [0.1, 0.15) is 10.5 Å². The maximum Gasteiger partial charge on any atom is 0.356 e. The molecule has 2 aromatic heterocycles. The second-order valence-electron chi connectivity index (χ2n) is 2.60. The molecule has 1 N–H and O–H groups in total. The molecule has 0 aromatic carbocycles. The predicted octanol–water partition coefficient (Wildman–Crippen LogP) is 1.15. The first kappa shape index (κ1) is 9.01. The van der Waals surface area contributed by atoms with E-state index in [-0.39, 0.29) is 5.69 Å². The summed E-state index contributed by atoms with van der Waals surface area (Å²) in [5, 5.41) is 9.47. The number of nitrogens with zero attached hydrogens (tertiary/aromatic N) is 3. The van der Waals surface area contributed by atoms with Gasteiger partial charge in [0.15, 0.2) is 11.3 Å². The lowest BCUT2D eigenvalue weighted by atomic mass is 10.5. The number of thioether (sulfide) groups is 1. The predicted molar refractivity (Wildman–Crippen MR) is 51.7 cm³/mol. The van der Waals surface area contributed by atoms with E-state index in [0.717, 1.165) is 5.03 Å². The van der Waals surface area contributed by atoms with Crippen LogP contribution >= 0.6 is 11.8 Å². The lowest BCUT2D eigenvalue weighted by molar-refractivity contribution is 0.0691. The fourth-order valence-electron chi connectivity index (χ4n) is 1.14. The SMILES string of the molecule is CSc1nccn2cc(C(=O)O)nc12. The number of aromatic carboxylic acids is 1. The van der Waals surface area contributed by atoms with Crippen molar-refractivity contribution in [3.05, 3.63) is 24.3 Å². The van der Waals surface area contributed by atoms with E-state index in [2.05, 4.69) is 9.97 Å². The lowest BCUT2D eigenvalue weighted by Crippen LogP contribution is -1.95. The van der Waals surface area contributed by atoms with E-state index in [9.17, 15) is 4.79 Å². The number of rotatable bonds is 2. The molecule has 0 aliphatic rings. The van der Waals surface area contributed by atoms with Crippen molar-refractivity contribution in [2.75, 3.05) is 6.26 Å². The minimum absolute atomic E-state index is 0.0355. The molecule has 0 amide bonds. The van der Waals surface area contributed by atoms with Crippen LogP contribution in [0, 0.1) is 0 Å². The van der Waals surface area contributed by atoms with Gasteiger partial charge in [-0.25, -0.2) is 14.8 Å². The molecule has 0 unspecified atom stereocenters. The fraction of sp³-hybridized carbons (Fsp3) is 0.125. The van der Waals surface area contributed by atoms with Crippen LogP contribution in [0.25, 0.3) is 5.65 Å². The zero-order valence-electron chi connectivity index (χ0n) is 7.34. The van der Waals surface area contributed by atoms with Gasteiger partial charge in [-0.2, -0.15) is 0 Å². The van der Waals surface area contributed by atoms with E-state index >= 15 is 0 Å². The number of carboxylic acids is 1. The monoisotopic (exact) mass is 209 g/mol. The lowest BCUT2D eigenvalue weighted by Gasteiger charge is -1.96. The molecule has 2 heterocycles. The van der Waals surface area contributed by atoms with Crippen molar-refractivity contribution >= 4 is 23.4 Å². The van der Waals surface area contributed by atoms with Crippen molar-refractivity contribution in [1.82, 2.24) is 14.4 Å². The summed E-state index contributed by atoms with van der Waals surface area (Å²) in [4.78, 5) is 18.7. The first-order chi connectivity index (χ1) is 6.72. The van der Waals surface area contributed by atoms with E-state index in [1.165, 1.54) is 18.0 Å². The molecule has 2 rings (SSSR count). The minimum atomic E-state index is -1.03. The van der Waals surface area contributed by atoms with Gasteiger partial charge in [-0.05, 0) is 6.26 Å². The van der Waals surface area contributed by atoms with Crippen LogP contribution in [0.3, 0.4) is 0 Å². The highest BCUT2D eigenvalue weighted by atomic mass is 32.2. The number of hydrogen-bond acceptors (Lipinski definition) is 4. The second-order valence-corrected chi connectivity index (χ2v) is 3.39. The van der Waals surface area contributed by atoms with Crippen molar-refractivity contribution in [1.29, 1.82) is 0 Å². The molecule has 0 saturated carbocycles. The third-order valence-corrected chi connectivity index (χ3v) is 2.43. The van der Waals surface area contributed by atoms with E-state index in [1.807, 2.05) is 6.26 Å². The van der Waals surface area contributed by atoms with Gasteiger partial charge >= 0.3 is 5.97 Å². The molecule has 5 nitrogen and oxygen atoms in total. The first-order valence-corrected chi connectivity index (χ1v) is 5.06. The van der Waals surface area contributed by atoms with Crippen molar-refractivity contribution in [3.63, 3.8) is 0 Å². The van der Waals surface area contributed by atoms with Gasteiger partial charge in [-0.3, -0.25) is 0 Å². The molecule has 0 radical (unpaired) electrons. The quantitative estimate of drug-likeness (QED) is 0.751. The summed E-state index contributed by atoms with van der Waals surface area (Å²) in [5.74, 6) is -1.03. The Morgan fingerprint density at radius 1 is 1.64 bits per heavy atom. The largest absolute Gasteiger partial charge is 0.476 e. The van der Waals surface area contributed by atoms with Crippen LogP contribution in [-0.2, 0) is 0 Å². The van der Waals surface area contributed by atoms with Crippen LogP contribution in [0.4, 0.5) is 0 Å². The first-order valence-electron chi connectivity index (χ1n) is 3.83. The molecule has 14 heavy (non-hydrogen) atoms. The smallest absolute Gasteiger partial charge is 0.356 e. The summed E-state index contributed by atoms with van der Waals surface area (Å²) in [6.45, 7) is 0. The molecule has 0 aliphatic heterocycles. The Kier molecular flexibility index (Phi) is 2.12. The Hall–Kier alpha value is -1.56. The van der Waals surface area contributed by atoms with Crippen molar-refractivity contribution in [2.24, 2.45) is 0 Å². The Bertz CT molecular complexity index is 494. The standard InChI is InChI=1S/C8H7N3O2S/c1-14-7-6-10-5(8(12)13)4-11(6)3-2-9-7/h2-4H,1H3,(H,12,13). The zero-order valence-corrected chi connectivity index (χ0v) is 8.15. The summed E-state index contributed by atoms with van der Waals surface area (Å²) in [6, 6.07) is 0. The van der Waals surface area contributed by atoms with Gasteiger partial charge in [-0.15, -0.1) is 11.8 Å². The fourth-order valence-corrected chi connectivity index (χ4v) is 1.64. The third kappa shape index (κ3) is 1.33. The molecule has 6 heteroatoms. The number of carbonyl (C=O) groups is 1. The molecule has 0 atom stereocenters. The molecule has 72 valence electrons. The van der Waals surface area contributed by atoms with Gasteiger partial charge in [0.1, 0.15) is 5.03 Å². The average Bonchev–Trinajstić information content (AvgIpc) is 2.60. The summed E-state index contributed by atoms with van der Waals surface area (Å²) in [7, 11) is 0. The molecule has 2 aromatic rings. The molecular formula is C8H7N3O2S. The molecule has 0 bridgehead atoms. The van der Waals surface area contributed by atoms with Gasteiger partial charge < -0.3 is 9.51 Å². The maximum absolute atomic E-state index is 10.7. The number of imidazole rings is 1. The van der Waals surface area contributed by atoms with Crippen molar-refractivity contribution in [2.45, 2.75) is 5.03 Å². The van der Waals surface area contributed by atoms with E-state index in [4.69, 9.17) is 5.11 Å². The third-order valence-electron chi connectivity index (χ3n) is 1.76. The van der Waals surface area contributed by atoms with Crippen LogP contribution < -0.4 is 0 Å². The van der Waals surface area contributed by atoms with E-state index < -0.39 is 5.97 Å². The van der Waals surface area contributed by atoms with Crippen LogP contribution in [0.2, 0.25) is 0 Å². The Labute approximate surface area is 83.8 Å². The number of carboxylic acid groups (broad SMARTS) is 1. The number of aromatic nitrogens is 3. The van der Waals surface area contributed by atoms with Crippen LogP contribution in [-0.4, -0.2) is 31.7 Å². The zero-order chi connectivity index (χ0) is 10.1. The van der Waals surface area contributed by atoms with Crippen molar-refractivity contribution in [3.8, 4) is 0 Å². The topological polar surface area (TPSA) is 67.5 Å². The molecule has 0 saturated heterocycles. The van der Waals surface area contributed by atoms with Gasteiger partial charge in [0, 0.05) is 18.6 Å². The highest BCUT2D eigenvalue weighted by Gasteiger charge is 2.11. The van der Waals surface area contributed by atoms with E-state index in [1.54, 1.807) is 16.8 Å². The molecule has 0 fully saturated rings. The van der Waals surface area contributed by atoms with Crippen molar-refractivity contribution < 1.29 is 9.90 Å². The summed E-state index contributed by atoms with van der Waals surface area (Å²) >= 11 is 1.44. The van der Waals surface area contributed by atoms with Gasteiger partial charge in [0.25, 0.3) is 0 Å². The van der Waals surface area contributed by atoms with Gasteiger partial charge in [0.2, 0.25) is 0 Å². The summed E-state index contributed by atoms with van der Waals surface area (Å²) in [6.07, 6.45) is 6.64. The van der Waals surface area contributed by atoms with Crippen LogP contribution in [0.5, 0.6) is 0 Å². The highest BCUT2D eigenvalue weighted by Crippen LogP contribution is 2.17. The highest BCUT2D eigenvalue weighted by molar-refractivity contribution is 7.98. The summed E-state index contributed by atoms with van der Waals surface area (Å²) < 4.78 is 1.66. The Balaban J connectivity index is 2.70. The summed E-state index contributed by atoms with van der Waals surface area (Å²) in [5.41, 5.74) is 0.616. The molecule has 0 aliphatic carbocycles. The van der Waals surface area contributed by atoms with Gasteiger partial charge in [-0.1, -0.05) is 0 Å². The number of hydrogen-bond donors (Lipinski definition) is 1. The molecule has 0 spiro atoms. The maximum atomic E-state index is 10.7. The Morgan fingerprint density at radius 2 is 2.43 bits per heavy atom. The minimum Gasteiger partial charge on any atom is -0.476 e. The number of fused-ring (bicyclic) bond motifs is 1. The Morgan fingerprint density at radius 3 is 3.07 bits per heavy atom.